The summed E-state index contributed by atoms with van der Waals surface area (Å²) >= 11 is 0. The second-order valence-corrected chi connectivity index (χ2v) is 9.68. The van der Waals surface area contributed by atoms with E-state index in [9.17, 15) is 4.79 Å². The number of hydrogen-bond acceptors (Lipinski definition) is 8. The number of fused-ring (bicyclic) bond motifs is 1. The molecule has 5 aromatic rings. The van der Waals surface area contributed by atoms with Gasteiger partial charge in [0.2, 0.25) is 0 Å². The maximum absolute atomic E-state index is 13.7. The van der Waals surface area contributed by atoms with Crippen LogP contribution < -0.4 is 10.3 Å². The molecule has 0 spiro atoms. The van der Waals surface area contributed by atoms with Gasteiger partial charge in [0.25, 0.3) is 5.56 Å². The van der Waals surface area contributed by atoms with Crippen molar-refractivity contribution in [1.82, 2.24) is 35.1 Å². The molecule has 0 aliphatic heterocycles. The number of aromatic nitrogens is 6. The smallest absolute Gasteiger partial charge is 0.253 e. The molecule has 0 saturated heterocycles. The van der Waals surface area contributed by atoms with Crippen LogP contribution in [-0.2, 0) is 13.1 Å². The minimum Gasteiger partial charge on any atom is -0.497 e. The van der Waals surface area contributed by atoms with E-state index in [1.165, 1.54) is 0 Å². The van der Waals surface area contributed by atoms with Gasteiger partial charge in [0, 0.05) is 35.4 Å². The first-order valence-corrected chi connectivity index (χ1v) is 12.8. The van der Waals surface area contributed by atoms with Crippen LogP contribution in [0.2, 0.25) is 0 Å². The molecule has 4 aromatic heterocycles. The molecule has 4 heterocycles. The van der Waals surface area contributed by atoms with Gasteiger partial charge in [0.1, 0.15) is 17.6 Å². The highest BCUT2D eigenvalue weighted by Crippen LogP contribution is 2.35. The molecule has 1 aromatic carbocycles. The predicted octanol–water partition coefficient (Wildman–Crippen LogP) is 4.42. The summed E-state index contributed by atoms with van der Waals surface area (Å²) in [6.07, 6.45) is 9.53. The maximum atomic E-state index is 13.7. The first kappa shape index (κ1) is 24.1. The van der Waals surface area contributed by atoms with E-state index in [2.05, 4.69) is 30.4 Å². The Kier molecular flexibility index (Phi) is 6.70. The van der Waals surface area contributed by atoms with Crippen LogP contribution in [0.3, 0.4) is 0 Å². The van der Waals surface area contributed by atoms with Crippen LogP contribution in [-0.4, -0.2) is 42.2 Å². The molecule has 10 heteroatoms. The van der Waals surface area contributed by atoms with Gasteiger partial charge in [-0.1, -0.05) is 18.9 Å². The second-order valence-electron chi connectivity index (χ2n) is 9.68. The third kappa shape index (κ3) is 4.82. The van der Waals surface area contributed by atoms with Crippen molar-refractivity contribution in [3.63, 3.8) is 0 Å². The molecular formula is C28H29N7O3. The molecule has 1 aliphatic rings. The first-order chi connectivity index (χ1) is 18.7. The Morgan fingerprint density at radius 1 is 1.16 bits per heavy atom. The summed E-state index contributed by atoms with van der Waals surface area (Å²) in [6, 6.07) is 14.9. The Bertz CT molecular complexity index is 1560. The molecule has 194 valence electrons. The minimum absolute atomic E-state index is 0.190. The van der Waals surface area contributed by atoms with Crippen molar-refractivity contribution in [3.05, 3.63) is 100 Å². The lowest BCUT2D eigenvalue weighted by molar-refractivity contribution is 0.176. The Morgan fingerprint density at radius 2 is 2.05 bits per heavy atom. The summed E-state index contributed by atoms with van der Waals surface area (Å²) in [7, 11) is 1.63. The molecular weight excluding hydrogens is 482 g/mol. The van der Waals surface area contributed by atoms with E-state index in [-0.39, 0.29) is 11.6 Å². The van der Waals surface area contributed by atoms with Crippen LogP contribution in [0, 0.1) is 0 Å². The Balaban J connectivity index is 1.53. The SMILES string of the molecule is COc1ccc2[nH]c(=O)c([C@H](c3nnnn3C3CCCC3)N(Cc3cccnc3)Cc3ccco3)cc2c1. The van der Waals surface area contributed by atoms with Crippen molar-refractivity contribution in [2.75, 3.05) is 7.11 Å². The summed E-state index contributed by atoms with van der Waals surface area (Å²) < 4.78 is 13.1. The number of methoxy groups -OCH3 is 1. The number of aromatic amines is 1. The van der Waals surface area contributed by atoms with E-state index in [4.69, 9.17) is 9.15 Å². The standard InChI is InChI=1S/C28H29N7O3/c1-37-22-10-11-25-20(14-22)15-24(28(36)30-25)26(27-31-32-33-35(27)21-7-2-3-8-21)34(18-23-9-5-13-38-23)17-19-6-4-12-29-16-19/h4-6,9-16,21,26H,2-3,7-8,17-18H2,1H3,(H,30,36)/t26-/m1/s1. The zero-order chi connectivity index (χ0) is 25.9. The van der Waals surface area contributed by atoms with Crippen molar-refractivity contribution >= 4 is 10.9 Å². The summed E-state index contributed by atoms with van der Waals surface area (Å²) in [5, 5.41) is 13.9. The summed E-state index contributed by atoms with van der Waals surface area (Å²) in [5.74, 6) is 2.13. The lowest BCUT2D eigenvalue weighted by Crippen LogP contribution is -2.35. The Hall–Kier alpha value is -4.31. The van der Waals surface area contributed by atoms with E-state index in [1.807, 2.05) is 59.4 Å². The van der Waals surface area contributed by atoms with Crippen LogP contribution in [0.15, 0.2) is 76.4 Å². The fraction of sp³-hybridized carbons (Fsp3) is 0.321. The minimum atomic E-state index is -0.546. The highest BCUT2D eigenvalue weighted by atomic mass is 16.5. The summed E-state index contributed by atoms with van der Waals surface area (Å²) in [5.41, 5.74) is 2.10. The molecule has 6 rings (SSSR count). The zero-order valence-electron chi connectivity index (χ0n) is 21.2. The quantitative estimate of drug-likeness (QED) is 0.309. The molecule has 0 amide bonds. The van der Waals surface area contributed by atoms with Gasteiger partial charge in [-0.25, -0.2) is 4.68 Å². The molecule has 1 N–H and O–H groups in total. The Morgan fingerprint density at radius 3 is 2.82 bits per heavy atom. The number of tetrazole rings is 1. The van der Waals surface area contributed by atoms with E-state index in [0.29, 0.717) is 30.2 Å². The zero-order valence-corrected chi connectivity index (χ0v) is 21.2. The average Bonchev–Trinajstić information content (AvgIpc) is 3.73. The van der Waals surface area contributed by atoms with E-state index in [0.717, 1.165) is 47.9 Å². The molecule has 0 radical (unpaired) electrons. The summed E-state index contributed by atoms with van der Waals surface area (Å²) in [6.45, 7) is 0.950. The summed E-state index contributed by atoms with van der Waals surface area (Å²) in [4.78, 5) is 23.2. The first-order valence-electron chi connectivity index (χ1n) is 12.8. The molecule has 1 atom stereocenters. The third-order valence-electron chi connectivity index (χ3n) is 7.22. The fourth-order valence-corrected chi connectivity index (χ4v) is 5.39. The number of rotatable bonds is 9. The topological polar surface area (TPSA) is 115 Å². The van der Waals surface area contributed by atoms with Gasteiger partial charge in [0.05, 0.1) is 26.0 Å². The van der Waals surface area contributed by atoms with Crippen molar-refractivity contribution < 1.29 is 9.15 Å². The van der Waals surface area contributed by atoms with Crippen LogP contribution in [0.5, 0.6) is 5.75 Å². The number of nitrogens with one attached hydrogen (secondary N) is 1. The van der Waals surface area contributed by atoms with Gasteiger partial charge in [-0.2, -0.15) is 0 Å². The van der Waals surface area contributed by atoms with Gasteiger partial charge in [-0.3, -0.25) is 14.7 Å². The number of nitrogens with zero attached hydrogens (tertiary/aromatic N) is 6. The van der Waals surface area contributed by atoms with Crippen molar-refractivity contribution in [3.8, 4) is 5.75 Å². The van der Waals surface area contributed by atoms with Crippen LogP contribution in [0.25, 0.3) is 10.9 Å². The van der Waals surface area contributed by atoms with Crippen LogP contribution >= 0.6 is 0 Å². The van der Waals surface area contributed by atoms with Gasteiger partial charge in [-0.15, -0.1) is 5.10 Å². The van der Waals surface area contributed by atoms with Crippen molar-refractivity contribution in [2.45, 2.75) is 50.9 Å². The lowest BCUT2D eigenvalue weighted by Gasteiger charge is -2.31. The number of H-pyrrole nitrogens is 1. The monoisotopic (exact) mass is 511 g/mol. The molecule has 38 heavy (non-hydrogen) atoms. The average molecular weight is 512 g/mol. The van der Waals surface area contributed by atoms with E-state index >= 15 is 0 Å². The second kappa shape index (κ2) is 10.6. The van der Waals surface area contributed by atoms with Gasteiger partial charge in [-0.05, 0) is 71.3 Å². The number of furan rings is 1. The van der Waals surface area contributed by atoms with Crippen LogP contribution in [0.4, 0.5) is 0 Å². The van der Waals surface area contributed by atoms with Gasteiger partial charge < -0.3 is 14.1 Å². The number of benzene rings is 1. The molecule has 10 nitrogen and oxygen atoms in total. The van der Waals surface area contributed by atoms with Crippen LogP contribution in [0.1, 0.15) is 60.5 Å². The molecule has 0 unspecified atom stereocenters. The molecule has 1 aliphatic carbocycles. The third-order valence-corrected chi connectivity index (χ3v) is 7.22. The predicted molar refractivity (Wildman–Crippen MR) is 140 cm³/mol. The number of pyridine rings is 2. The van der Waals surface area contributed by atoms with Crippen molar-refractivity contribution in [2.24, 2.45) is 0 Å². The molecule has 0 bridgehead atoms. The highest BCUT2D eigenvalue weighted by Gasteiger charge is 2.34. The van der Waals surface area contributed by atoms with E-state index in [1.54, 1.807) is 19.6 Å². The maximum Gasteiger partial charge on any atom is 0.253 e. The fourth-order valence-electron chi connectivity index (χ4n) is 5.39. The molecule has 1 fully saturated rings. The number of hydrogen-bond donors (Lipinski definition) is 1. The molecule has 1 saturated carbocycles. The van der Waals surface area contributed by atoms with Gasteiger partial charge in [0.15, 0.2) is 5.82 Å². The normalized spacial score (nSPS) is 14.9. The van der Waals surface area contributed by atoms with Crippen molar-refractivity contribution in [1.29, 1.82) is 0 Å². The highest BCUT2D eigenvalue weighted by molar-refractivity contribution is 5.80. The Labute approximate surface area is 219 Å². The van der Waals surface area contributed by atoms with Gasteiger partial charge >= 0.3 is 0 Å². The number of ether oxygens (including phenoxy) is 1. The largest absolute Gasteiger partial charge is 0.497 e. The lowest BCUT2D eigenvalue weighted by atomic mass is 10.0. The van der Waals surface area contributed by atoms with E-state index < -0.39 is 6.04 Å².